The van der Waals surface area contributed by atoms with Crippen molar-refractivity contribution in [2.45, 2.75) is 13.5 Å². The first-order valence-corrected chi connectivity index (χ1v) is 6.20. The summed E-state index contributed by atoms with van der Waals surface area (Å²) in [6, 6.07) is 10.8. The van der Waals surface area contributed by atoms with Gasteiger partial charge in [0.25, 0.3) is 0 Å². The molecule has 0 saturated carbocycles. The van der Waals surface area contributed by atoms with E-state index in [4.69, 9.17) is 11.6 Å². The molecular formula is C15H15ClFN. The summed E-state index contributed by atoms with van der Waals surface area (Å²) < 4.78 is 13.6. The van der Waals surface area contributed by atoms with E-state index in [0.29, 0.717) is 17.1 Å². The van der Waals surface area contributed by atoms with Crippen molar-refractivity contribution in [3.63, 3.8) is 0 Å². The molecule has 2 aromatic carbocycles. The van der Waals surface area contributed by atoms with Gasteiger partial charge in [0.05, 0.1) is 0 Å². The maximum Gasteiger partial charge on any atom is 0.126 e. The summed E-state index contributed by atoms with van der Waals surface area (Å²) in [5.74, 6) is -0.183. The molecule has 0 amide bonds. The average molecular weight is 264 g/mol. The smallest absolute Gasteiger partial charge is 0.126 e. The third-order valence-electron chi connectivity index (χ3n) is 2.99. The van der Waals surface area contributed by atoms with Crippen LogP contribution in [-0.4, -0.2) is 7.05 Å². The maximum absolute atomic E-state index is 13.6. The lowest BCUT2D eigenvalue weighted by molar-refractivity contribution is 0.619. The van der Waals surface area contributed by atoms with Crippen molar-refractivity contribution in [3.05, 3.63) is 58.4 Å². The van der Waals surface area contributed by atoms with E-state index in [1.807, 2.05) is 31.3 Å². The molecule has 0 aromatic heterocycles. The SMILES string of the molecule is CNCc1cc(Cl)ccc1-c1cccc(F)c1C. The molecule has 1 nitrogen and oxygen atoms in total. The van der Waals surface area contributed by atoms with E-state index < -0.39 is 0 Å². The predicted octanol–water partition coefficient (Wildman–Crippen LogP) is 4.17. The standard InChI is InChI=1S/C15H15ClFN/c1-10-13(4-3-5-15(10)17)14-7-6-12(16)8-11(14)9-18-2/h3-8,18H,9H2,1-2H3. The van der Waals surface area contributed by atoms with E-state index in [9.17, 15) is 4.39 Å². The zero-order valence-corrected chi connectivity index (χ0v) is 11.2. The Labute approximate surface area is 112 Å². The van der Waals surface area contributed by atoms with Crippen molar-refractivity contribution in [1.82, 2.24) is 5.32 Å². The number of hydrogen-bond acceptors (Lipinski definition) is 1. The van der Waals surface area contributed by atoms with Crippen LogP contribution in [0.5, 0.6) is 0 Å². The number of hydrogen-bond donors (Lipinski definition) is 1. The molecule has 0 radical (unpaired) electrons. The van der Waals surface area contributed by atoms with Crippen LogP contribution in [0.1, 0.15) is 11.1 Å². The van der Waals surface area contributed by atoms with Crippen LogP contribution in [0.4, 0.5) is 4.39 Å². The van der Waals surface area contributed by atoms with Crippen molar-refractivity contribution in [2.24, 2.45) is 0 Å². The summed E-state index contributed by atoms with van der Waals surface area (Å²) in [6.45, 7) is 2.49. The molecule has 1 N–H and O–H groups in total. The first kappa shape index (κ1) is 13.1. The fourth-order valence-electron chi connectivity index (χ4n) is 2.06. The van der Waals surface area contributed by atoms with Gasteiger partial charge in [0.1, 0.15) is 5.82 Å². The van der Waals surface area contributed by atoms with Gasteiger partial charge in [-0.25, -0.2) is 4.39 Å². The minimum atomic E-state index is -0.183. The number of halogens is 2. The van der Waals surface area contributed by atoms with Crippen LogP contribution < -0.4 is 5.32 Å². The largest absolute Gasteiger partial charge is 0.316 e. The first-order valence-electron chi connectivity index (χ1n) is 5.82. The molecule has 0 unspecified atom stereocenters. The Morgan fingerprint density at radius 1 is 1.17 bits per heavy atom. The van der Waals surface area contributed by atoms with Crippen LogP contribution in [0.25, 0.3) is 11.1 Å². The Kier molecular flexibility index (Phi) is 4.00. The van der Waals surface area contributed by atoms with Crippen LogP contribution in [0.15, 0.2) is 36.4 Å². The van der Waals surface area contributed by atoms with Crippen molar-refractivity contribution in [2.75, 3.05) is 7.05 Å². The third kappa shape index (κ3) is 2.55. The second-order valence-electron chi connectivity index (χ2n) is 4.24. The molecule has 18 heavy (non-hydrogen) atoms. The second kappa shape index (κ2) is 5.51. The summed E-state index contributed by atoms with van der Waals surface area (Å²) >= 11 is 6.01. The van der Waals surface area contributed by atoms with Crippen molar-refractivity contribution in [3.8, 4) is 11.1 Å². The van der Waals surface area contributed by atoms with Gasteiger partial charge in [-0.05, 0) is 54.4 Å². The number of benzene rings is 2. The van der Waals surface area contributed by atoms with Gasteiger partial charge in [-0.1, -0.05) is 29.8 Å². The van der Waals surface area contributed by atoms with Gasteiger partial charge < -0.3 is 5.32 Å². The Morgan fingerprint density at radius 2 is 1.94 bits per heavy atom. The Hall–Kier alpha value is -1.38. The monoisotopic (exact) mass is 263 g/mol. The van der Waals surface area contributed by atoms with Crippen molar-refractivity contribution >= 4 is 11.6 Å². The Morgan fingerprint density at radius 3 is 2.67 bits per heavy atom. The summed E-state index contributed by atoms with van der Waals surface area (Å²) in [7, 11) is 1.88. The molecule has 3 heteroatoms. The molecule has 0 aliphatic rings. The molecule has 0 atom stereocenters. The second-order valence-corrected chi connectivity index (χ2v) is 4.68. The molecular weight excluding hydrogens is 249 g/mol. The van der Waals surface area contributed by atoms with Gasteiger partial charge in [0, 0.05) is 11.6 Å². The summed E-state index contributed by atoms with van der Waals surface area (Å²) in [6.07, 6.45) is 0. The van der Waals surface area contributed by atoms with E-state index in [1.165, 1.54) is 6.07 Å². The van der Waals surface area contributed by atoms with Crippen LogP contribution >= 0.6 is 11.6 Å². The molecule has 0 aliphatic carbocycles. The normalized spacial score (nSPS) is 10.7. The Bertz CT molecular complexity index is 566. The van der Waals surface area contributed by atoms with E-state index in [1.54, 1.807) is 13.0 Å². The van der Waals surface area contributed by atoms with Crippen molar-refractivity contribution in [1.29, 1.82) is 0 Å². The quantitative estimate of drug-likeness (QED) is 0.876. The summed E-state index contributed by atoms with van der Waals surface area (Å²) in [4.78, 5) is 0. The van der Waals surface area contributed by atoms with Gasteiger partial charge in [0.2, 0.25) is 0 Å². The van der Waals surface area contributed by atoms with Gasteiger partial charge in [-0.15, -0.1) is 0 Å². The molecule has 0 fully saturated rings. The number of rotatable bonds is 3. The van der Waals surface area contributed by atoms with Gasteiger partial charge in [0.15, 0.2) is 0 Å². The first-order chi connectivity index (χ1) is 8.63. The zero-order valence-electron chi connectivity index (χ0n) is 10.4. The lowest BCUT2D eigenvalue weighted by Gasteiger charge is -2.13. The zero-order chi connectivity index (χ0) is 13.1. The third-order valence-corrected chi connectivity index (χ3v) is 3.23. The highest BCUT2D eigenvalue weighted by Crippen LogP contribution is 2.30. The van der Waals surface area contributed by atoms with Crippen molar-refractivity contribution < 1.29 is 4.39 Å². The topological polar surface area (TPSA) is 12.0 Å². The molecule has 0 bridgehead atoms. The lowest BCUT2D eigenvalue weighted by atomic mass is 9.95. The molecule has 2 rings (SSSR count). The predicted molar refractivity (Wildman–Crippen MR) is 74.3 cm³/mol. The lowest BCUT2D eigenvalue weighted by Crippen LogP contribution is -2.06. The highest BCUT2D eigenvalue weighted by atomic mass is 35.5. The average Bonchev–Trinajstić information content (AvgIpc) is 2.34. The number of nitrogens with one attached hydrogen (secondary N) is 1. The highest BCUT2D eigenvalue weighted by molar-refractivity contribution is 6.30. The Balaban J connectivity index is 2.59. The fourth-order valence-corrected chi connectivity index (χ4v) is 2.26. The molecule has 94 valence electrons. The van der Waals surface area contributed by atoms with Crippen LogP contribution in [0.2, 0.25) is 5.02 Å². The molecule has 0 aliphatic heterocycles. The minimum absolute atomic E-state index is 0.183. The van der Waals surface area contributed by atoms with Crippen LogP contribution in [-0.2, 0) is 6.54 Å². The molecule has 0 saturated heterocycles. The van der Waals surface area contributed by atoms with E-state index >= 15 is 0 Å². The highest BCUT2D eigenvalue weighted by Gasteiger charge is 2.10. The summed E-state index contributed by atoms with van der Waals surface area (Å²) in [5, 5.41) is 3.80. The van der Waals surface area contributed by atoms with Gasteiger partial charge in [-0.2, -0.15) is 0 Å². The molecule has 0 spiro atoms. The molecule has 0 heterocycles. The minimum Gasteiger partial charge on any atom is -0.316 e. The maximum atomic E-state index is 13.6. The molecule has 2 aromatic rings. The van der Waals surface area contributed by atoms with Crippen LogP contribution in [0, 0.1) is 12.7 Å². The summed E-state index contributed by atoms with van der Waals surface area (Å²) in [5.41, 5.74) is 3.67. The van der Waals surface area contributed by atoms with E-state index in [0.717, 1.165) is 16.7 Å². The van der Waals surface area contributed by atoms with Gasteiger partial charge >= 0.3 is 0 Å². The van der Waals surface area contributed by atoms with Gasteiger partial charge in [-0.3, -0.25) is 0 Å². The van der Waals surface area contributed by atoms with E-state index in [2.05, 4.69) is 5.32 Å². The fraction of sp³-hybridized carbons (Fsp3) is 0.200. The van der Waals surface area contributed by atoms with E-state index in [-0.39, 0.29) is 5.82 Å². The van der Waals surface area contributed by atoms with Crippen LogP contribution in [0.3, 0.4) is 0 Å².